The minimum Gasteiger partial charge on any atom is -0.497 e. The summed E-state index contributed by atoms with van der Waals surface area (Å²) in [6.07, 6.45) is 0. The van der Waals surface area contributed by atoms with E-state index < -0.39 is 0 Å². The zero-order chi connectivity index (χ0) is 15.0. The van der Waals surface area contributed by atoms with Crippen molar-refractivity contribution >= 4 is 32.7 Å². The number of halogens is 1. The van der Waals surface area contributed by atoms with Crippen LogP contribution in [0.25, 0.3) is 11.0 Å². The minimum atomic E-state index is -0.172. The zero-order valence-electron chi connectivity index (χ0n) is 11.6. The van der Waals surface area contributed by atoms with Crippen LogP contribution in [0.2, 0.25) is 0 Å². The maximum atomic E-state index is 12.6. The summed E-state index contributed by atoms with van der Waals surface area (Å²) < 4.78 is 11.5. The number of hydrogen-bond donors (Lipinski definition) is 0. The molecule has 0 aliphatic carbocycles. The molecule has 0 fully saturated rings. The quantitative estimate of drug-likeness (QED) is 0.644. The molecular formula is C17H13BrO3. The molecule has 3 aromatic rings. The first-order chi connectivity index (χ1) is 10.1. The van der Waals surface area contributed by atoms with Gasteiger partial charge in [-0.25, -0.2) is 0 Å². The largest absolute Gasteiger partial charge is 0.497 e. The number of ketones is 1. The van der Waals surface area contributed by atoms with Crippen molar-refractivity contribution in [2.24, 2.45) is 0 Å². The van der Waals surface area contributed by atoms with Crippen LogP contribution in [-0.4, -0.2) is 12.9 Å². The normalized spacial score (nSPS) is 10.8. The molecule has 0 unspecified atom stereocenters. The van der Waals surface area contributed by atoms with Gasteiger partial charge in [-0.3, -0.25) is 4.79 Å². The first kappa shape index (κ1) is 13.9. The van der Waals surface area contributed by atoms with Crippen molar-refractivity contribution < 1.29 is 13.9 Å². The maximum absolute atomic E-state index is 12.6. The van der Waals surface area contributed by atoms with Gasteiger partial charge >= 0.3 is 0 Å². The average molecular weight is 345 g/mol. The van der Waals surface area contributed by atoms with Crippen LogP contribution in [0.15, 0.2) is 51.4 Å². The molecule has 0 saturated carbocycles. The van der Waals surface area contributed by atoms with Crippen molar-refractivity contribution in [3.8, 4) is 5.75 Å². The molecule has 0 radical (unpaired) electrons. The van der Waals surface area contributed by atoms with Gasteiger partial charge in [0.15, 0.2) is 5.76 Å². The Bertz CT molecular complexity index is 833. The predicted molar refractivity (Wildman–Crippen MR) is 85.1 cm³/mol. The van der Waals surface area contributed by atoms with Gasteiger partial charge < -0.3 is 9.15 Å². The van der Waals surface area contributed by atoms with Crippen LogP contribution in [0.4, 0.5) is 0 Å². The number of methoxy groups -OCH3 is 1. The van der Waals surface area contributed by atoms with Crippen LogP contribution in [-0.2, 0) is 0 Å². The van der Waals surface area contributed by atoms with Crippen molar-refractivity contribution in [1.82, 2.24) is 0 Å². The summed E-state index contributed by atoms with van der Waals surface area (Å²) in [5, 5.41) is 0.928. The number of rotatable bonds is 3. The van der Waals surface area contributed by atoms with Gasteiger partial charge in [0, 0.05) is 15.4 Å². The van der Waals surface area contributed by atoms with Crippen molar-refractivity contribution in [1.29, 1.82) is 0 Å². The highest BCUT2D eigenvalue weighted by atomic mass is 79.9. The Kier molecular flexibility index (Phi) is 3.55. The van der Waals surface area contributed by atoms with Crippen LogP contribution in [0.1, 0.15) is 21.7 Å². The van der Waals surface area contributed by atoms with E-state index in [9.17, 15) is 4.79 Å². The van der Waals surface area contributed by atoms with Gasteiger partial charge in [-0.05, 0) is 43.3 Å². The molecule has 1 aromatic heterocycles. The molecule has 0 aliphatic heterocycles. The molecule has 0 aliphatic rings. The summed E-state index contributed by atoms with van der Waals surface area (Å²) in [6, 6.07) is 12.9. The molecule has 3 rings (SSSR count). The Morgan fingerprint density at radius 1 is 1.14 bits per heavy atom. The fourth-order valence-corrected chi connectivity index (χ4v) is 2.64. The number of fused-ring (bicyclic) bond motifs is 1. The Hall–Kier alpha value is -2.07. The van der Waals surface area contributed by atoms with E-state index in [1.165, 1.54) is 0 Å². The van der Waals surface area contributed by atoms with Crippen LogP contribution in [0.3, 0.4) is 0 Å². The molecule has 0 atom stereocenters. The fraction of sp³-hybridized carbons (Fsp3) is 0.118. The summed E-state index contributed by atoms with van der Waals surface area (Å²) in [5.41, 5.74) is 2.36. The maximum Gasteiger partial charge on any atom is 0.229 e. The van der Waals surface area contributed by atoms with Crippen molar-refractivity contribution in [3.05, 3.63) is 63.8 Å². The van der Waals surface area contributed by atoms with Gasteiger partial charge in [0.25, 0.3) is 0 Å². The smallest absolute Gasteiger partial charge is 0.229 e. The highest BCUT2D eigenvalue weighted by molar-refractivity contribution is 9.10. The monoisotopic (exact) mass is 344 g/mol. The lowest BCUT2D eigenvalue weighted by molar-refractivity contribution is 0.101. The second-order valence-electron chi connectivity index (χ2n) is 4.83. The standard InChI is InChI=1S/C17H13BrO3/c1-10-3-6-15-11(7-10)8-16(21-15)17(19)13-9-12(20-2)4-5-14(13)18/h3-9H,1-2H3. The van der Waals surface area contributed by atoms with E-state index >= 15 is 0 Å². The van der Waals surface area contributed by atoms with Crippen molar-refractivity contribution in [2.75, 3.05) is 7.11 Å². The van der Waals surface area contributed by atoms with E-state index in [4.69, 9.17) is 9.15 Å². The number of aryl methyl sites for hydroxylation is 1. The van der Waals surface area contributed by atoms with Gasteiger partial charge in [0.05, 0.1) is 7.11 Å². The molecular weight excluding hydrogens is 332 g/mol. The molecule has 2 aromatic carbocycles. The molecule has 1 heterocycles. The highest BCUT2D eigenvalue weighted by Gasteiger charge is 2.18. The SMILES string of the molecule is COc1ccc(Br)c(C(=O)c2cc3cc(C)ccc3o2)c1. The number of furan rings is 1. The first-order valence-electron chi connectivity index (χ1n) is 6.47. The van der Waals surface area contributed by atoms with Crippen molar-refractivity contribution in [3.63, 3.8) is 0 Å². The average Bonchev–Trinajstić information content (AvgIpc) is 2.90. The van der Waals surface area contributed by atoms with Gasteiger partial charge in [-0.1, -0.05) is 27.6 Å². The van der Waals surface area contributed by atoms with E-state index in [-0.39, 0.29) is 5.78 Å². The van der Waals surface area contributed by atoms with E-state index in [0.29, 0.717) is 27.1 Å². The minimum absolute atomic E-state index is 0.172. The van der Waals surface area contributed by atoms with E-state index in [0.717, 1.165) is 10.9 Å². The van der Waals surface area contributed by atoms with Crippen molar-refractivity contribution in [2.45, 2.75) is 6.92 Å². The molecule has 0 spiro atoms. The number of carbonyl (C=O) groups excluding carboxylic acids is 1. The Labute approximate surface area is 130 Å². The third kappa shape index (κ3) is 2.59. The molecule has 0 amide bonds. The molecule has 0 saturated heterocycles. The van der Waals surface area contributed by atoms with Gasteiger partial charge in [0.1, 0.15) is 11.3 Å². The first-order valence-corrected chi connectivity index (χ1v) is 7.26. The lowest BCUT2D eigenvalue weighted by Crippen LogP contribution is -2.01. The Balaban J connectivity index is 2.07. The fourth-order valence-electron chi connectivity index (χ4n) is 2.21. The summed E-state index contributed by atoms with van der Waals surface area (Å²) >= 11 is 3.39. The Morgan fingerprint density at radius 3 is 2.71 bits per heavy atom. The lowest BCUT2D eigenvalue weighted by atomic mass is 10.1. The summed E-state index contributed by atoms with van der Waals surface area (Å²) in [5.74, 6) is 0.785. The van der Waals surface area contributed by atoms with Crippen LogP contribution < -0.4 is 4.74 Å². The topological polar surface area (TPSA) is 39.4 Å². The third-order valence-electron chi connectivity index (χ3n) is 3.31. The van der Waals surface area contributed by atoms with Crippen LogP contribution in [0, 0.1) is 6.92 Å². The molecule has 0 bridgehead atoms. The summed E-state index contributed by atoms with van der Waals surface area (Å²) in [7, 11) is 1.57. The third-order valence-corrected chi connectivity index (χ3v) is 4.01. The van der Waals surface area contributed by atoms with Crippen LogP contribution >= 0.6 is 15.9 Å². The molecule has 3 nitrogen and oxygen atoms in total. The highest BCUT2D eigenvalue weighted by Crippen LogP contribution is 2.28. The summed E-state index contributed by atoms with van der Waals surface area (Å²) in [4.78, 5) is 12.6. The van der Waals surface area contributed by atoms with Crippen LogP contribution in [0.5, 0.6) is 5.75 Å². The molecule has 0 N–H and O–H groups in total. The Morgan fingerprint density at radius 2 is 1.95 bits per heavy atom. The lowest BCUT2D eigenvalue weighted by Gasteiger charge is -2.04. The number of benzene rings is 2. The van der Waals surface area contributed by atoms with E-state index in [1.54, 1.807) is 31.4 Å². The second kappa shape index (κ2) is 5.37. The van der Waals surface area contributed by atoms with E-state index in [2.05, 4.69) is 15.9 Å². The van der Waals surface area contributed by atoms with Gasteiger partial charge in [0.2, 0.25) is 5.78 Å². The molecule has 21 heavy (non-hydrogen) atoms. The summed E-state index contributed by atoms with van der Waals surface area (Å²) in [6.45, 7) is 2.01. The second-order valence-corrected chi connectivity index (χ2v) is 5.68. The number of carbonyl (C=O) groups is 1. The van der Waals surface area contributed by atoms with E-state index in [1.807, 2.05) is 25.1 Å². The molecule has 106 valence electrons. The number of hydrogen-bond acceptors (Lipinski definition) is 3. The number of ether oxygens (including phenoxy) is 1. The van der Waals surface area contributed by atoms with Gasteiger partial charge in [-0.15, -0.1) is 0 Å². The zero-order valence-corrected chi connectivity index (χ0v) is 13.2. The predicted octanol–water partition coefficient (Wildman–Crippen LogP) is 4.74. The molecule has 4 heteroatoms. The van der Waals surface area contributed by atoms with Gasteiger partial charge in [-0.2, -0.15) is 0 Å².